The first-order chi connectivity index (χ1) is 14.0. The first-order valence-electron chi connectivity index (χ1n) is 8.62. The molecule has 0 saturated carbocycles. The van der Waals surface area contributed by atoms with E-state index in [2.05, 4.69) is 9.71 Å². The van der Waals surface area contributed by atoms with E-state index in [-0.39, 0.29) is 85.2 Å². The van der Waals surface area contributed by atoms with Crippen molar-refractivity contribution in [3.8, 4) is 5.75 Å². The number of fused-ring (bicyclic) bond motifs is 1. The normalized spacial score (nSPS) is 12.4. The molecule has 0 aliphatic carbocycles. The molecular weight excluding hydrogens is 471 g/mol. The van der Waals surface area contributed by atoms with Gasteiger partial charge in [-0.3, -0.25) is 14.3 Å². The van der Waals surface area contributed by atoms with Crippen LogP contribution < -0.4 is 61.2 Å². The van der Waals surface area contributed by atoms with Gasteiger partial charge in [0.2, 0.25) is 0 Å². The van der Waals surface area contributed by atoms with Gasteiger partial charge in [-0.05, 0) is 48.7 Å². The number of hydrogen-bond donors (Lipinski definition) is 3. The first-order valence-corrected chi connectivity index (χ1v) is 11.5. The summed E-state index contributed by atoms with van der Waals surface area (Å²) in [5.74, 6) is -0.691. The molecule has 0 unspecified atom stereocenters. The smallest absolute Gasteiger partial charge is 0.862 e. The van der Waals surface area contributed by atoms with Gasteiger partial charge in [0.05, 0.1) is 15.5 Å². The Hall–Kier alpha value is -1.51. The summed E-state index contributed by atoms with van der Waals surface area (Å²) in [4.78, 5) is 2.87. The largest absolute Gasteiger partial charge is 1.00 e. The third-order valence-corrected chi connectivity index (χ3v) is 6.43. The fourth-order valence-corrected chi connectivity index (χ4v) is 4.45. The van der Waals surface area contributed by atoms with E-state index in [1.54, 1.807) is 6.92 Å². The van der Waals surface area contributed by atoms with Crippen molar-refractivity contribution in [3.63, 3.8) is 0 Å². The minimum absolute atomic E-state index is 0. The zero-order chi connectivity index (χ0) is 22.1. The SMILES string of the molecule is CCC([O-])=Nc1ccc2c(NS(=O)(=O)c3cccc(S(=O)(=O)O)c3)cccc2c1O.[K+]. The molecular formula is C19H17KN2O7S2. The summed E-state index contributed by atoms with van der Waals surface area (Å²) in [5.41, 5.74) is 0.184. The quantitative estimate of drug-likeness (QED) is 0.181. The predicted octanol–water partition coefficient (Wildman–Crippen LogP) is -0.603. The topological polar surface area (TPSA) is 156 Å². The van der Waals surface area contributed by atoms with Crippen molar-refractivity contribution in [1.29, 1.82) is 0 Å². The van der Waals surface area contributed by atoms with Gasteiger partial charge in [0.25, 0.3) is 20.1 Å². The van der Waals surface area contributed by atoms with Gasteiger partial charge < -0.3 is 10.2 Å². The number of aliphatic imine (C=N–C) groups is 1. The number of anilines is 1. The van der Waals surface area contributed by atoms with Gasteiger partial charge in [0, 0.05) is 10.8 Å². The van der Waals surface area contributed by atoms with Gasteiger partial charge in [-0.15, -0.1) is 0 Å². The van der Waals surface area contributed by atoms with Crippen LogP contribution in [0.15, 0.2) is 69.4 Å². The second kappa shape index (κ2) is 9.96. The fraction of sp³-hybridized carbons (Fsp3) is 0.105. The molecule has 0 bridgehead atoms. The standard InChI is InChI=1S/C19H18N2O7S2.K/c1-2-18(22)20-17-10-9-14-15(19(17)23)7-4-8-16(14)21-29(24,25)12-5-3-6-13(11-12)30(26,27)28;/h3-11,21,23H,2H2,1H3,(H,20,22)(H,26,27,28);/q;+1/p-1. The molecule has 0 heterocycles. The van der Waals surface area contributed by atoms with Crippen LogP contribution in [-0.2, 0) is 20.1 Å². The second-order valence-corrected chi connectivity index (χ2v) is 9.35. The molecule has 31 heavy (non-hydrogen) atoms. The van der Waals surface area contributed by atoms with Crippen molar-refractivity contribution in [2.75, 3.05) is 4.72 Å². The molecule has 12 heteroatoms. The van der Waals surface area contributed by atoms with Crippen LogP contribution in [0.3, 0.4) is 0 Å². The Morgan fingerprint density at radius 1 is 1.00 bits per heavy atom. The Morgan fingerprint density at radius 2 is 1.65 bits per heavy atom. The van der Waals surface area contributed by atoms with Crippen LogP contribution in [0.5, 0.6) is 5.75 Å². The molecule has 3 rings (SSSR count). The molecule has 158 valence electrons. The maximum Gasteiger partial charge on any atom is 1.00 e. The van der Waals surface area contributed by atoms with E-state index in [1.807, 2.05) is 0 Å². The van der Waals surface area contributed by atoms with Crippen LogP contribution in [-0.4, -0.2) is 32.4 Å². The Morgan fingerprint density at radius 3 is 2.29 bits per heavy atom. The molecule has 3 N–H and O–H groups in total. The van der Waals surface area contributed by atoms with Crippen molar-refractivity contribution in [1.82, 2.24) is 0 Å². The number of nitrogens with one attached hydrogen (secondary N) is 1. The molecule has 0 fully saturated rings. The van der Waals surface area contributed by atoms with Gasteiger partial charge >= 0.3 is 51.4 Å². The molecule has 3 aromatic carbocycles. The van der Waals surface area contributed by atoms with Gasteiger partial charge in [-0.1, -0.05) is 25.1 Å². The summed E-state index contributed by atoms with van der Waals surface area (Å²) in [6.45, 7) is 1.63. The molecule has 0 aromatic heterocycles. The molecule has 3 aromatic rings. The molecule has 0 saturated heterocycles. The molecule has 0 spiro atoms. The van der Waals surface area contributed by atoms with Crippen LogP contribution in [0.1, 0.15) is 13.3 Å². The fourth-order valence-electron chi connectivity index (χ4n) is 2.73. The Kier molecular flexibility index (Phi) is 8.27. The Bertz CT molecular complexity index is 1370. The summed E-state index contributed by atoms with van der Waals surface area (Å²) in [7, 11) is -8.80. The van der Waals surface area contributed by atoms with Crippen molar-refractivity contribution in [3.05, 3.63) is 54.6 Å². The van der Waals surface area contributed by atoms with Crippen LogP contribution in [0.25, 0.3) is 10.8 Å². The molecule has 0 atom stereocenters. The summed E-state index contributed by atoms with van der Waals surface area (Å²) in [6.07, 6.45) is 0.167. The van der Waals surface area contributed by atoms with E-state index >= 15 is 0 Å². The van der Waals surface area contributed by atoms with Crippen LogP contribution in [0.4, 0.5) is 11.4 Å². The first kappa shape index (κ1) is 25.7. The average Bonchev–Trinajstić information content (AvgIpc) is 2.69. The number of benzene rings is 3. The van der Waals surface area contributed by atoms with Gasteiger partial charge in [0.15, 0.2) is 0 Å². The maximum atomic E-state index is 12.7. The molecule has 9 nitrogen and oxygen atoms in total. The van der Waals surface area contributed by atoms with E-state index < -0.39 is 30.9 Å². The van der Waals surface area contributed by atoms with Crippen LogP contribution in [0.2, 0.25) is 0 Å². The van der Waals surface area contributed by atoms with Crippen molar-refractivity contribution >= 4 is 48.2 Å². The van der Waals surface area contributed by atoms with E-state index in [4.69, 9.17) is 4.55 Å². The number of rotatable bonds is 6. The van der Waals surface area contributed by atoms with Crippen molar-refractivity contribution in [2.24, 2.45) is 4.99 Å². The summed E-state index contributed by atoms with van der Waals surface area (Å²) >= 11 is 0. The molecule has 0 aliphatic rings. The van der Waals surface area contributed by atoms with Crippen molar-refractivity contribution in [2.45, 2.75) is 23.1 Å². The summed E-state index contributed by atoms with van der Waals surface area (Å²) in [5, 5.41) is 22.6. The van der Waals surface area contributed by atoms with Gasteiger partial charge in [-0.25, -0.2) is 8.42 Å². The number of hydrogen-bond acceptors (Lipinski definition) is 7. The van der Waals surface area contributed by atoms with E-state index in [0.717, 1.165) is 12.1 Å². The predicted molar refractivity (Wildman–Crippen MR) is 110 cm³/mol. The summed E-state index contributed by atoms with van der Waals surface area (Å²) in [6, 6.07) is 11.6. The molecule has 0 radical (unpaired) electrons. The average molecular weight is 489 g/mol. The second-order valence-electron chi connectivity index (χ2n) is 6.25. The minimum atomic E-state index is -4.58. The van der Waals surface area contributed by atoms with Gasteiger partial charge in [0.1, 0.15) is 11.4 Å². The number of phenolic OH excluding ortho intramolecular Hbond substituents is 1. The third-order valence-electron chi connectivity index (χ3n) is 4.22. The number of sulfonamides is 1. The van der Waals surface area contributed by atoms with Crippen LogP contribution in [0, 0.1) is 0 Å². The van der Waals surface area contributed by atoms with E-state index in [9.17, 15) is 27.0 Å². The molecule has 0 amide bonds. The molecule has 0 aliphatic heterocycles. The van der Waals surface area contributed by atoms with Crippen LogP contribution >= 0.6 is 0 Å². The maximum absolute atomic E-state index is 12.7. The third kappa shape index (κ3) is 5.84. The number of aromatic hydroxyl groups is 1. The monoisotopic (exact) mass is 488 g/mol. The van der Waals surface area contributed by atoms with Gasteiger partial charge in [-0.2, -0.15) is 8.42 Å². The number of nitrogens with zero attached hydrogens (tertiary/aromatic N) is 1. The van der Waals surface area contributed by atoms with Crippen molar-refractivity contribution < 1.29 is 83.0 Å². The minimum Gasteiger partial charge on any atom is -0.862 e. The van der Waals surface area contributed by atoms with E-state index in [1.165, 1.54) is 42.5 Å². The Labute approximate surface area is 222 Å². The Balaban J connectivity index is 0.00000341. The zero-order valence-corrected chi connectivity index (χ0v) is 21.4. The number of phenols is 1. The van der Waals surface area contributed by atoms with E-state index in [0.29, 0.717) is 5.39 Å². The zero-order valence-electron chi connectivity index (χ0n) is 16.6. The summed E-state index contributed by atoms with van der Waals surface area (Å²) < 4.78 is 59.6.